The zero-order valence-electron chi connectivity index (χ0n) is 17.2. The number of anilines is 2. The molecule has 0 aliphatic carbocycles. The van der Waals surface area contributed by atoms with Gasteiger partial charge >= 0.3 is 5.97 Å². The van der Waals surface area contributed by atoms with Crippen LogP contribution in [-0.4, -0.2) is 52.4 Å². The number of hydrogen-bond acceptors (Lipinski definition) is 7. The molecule has 0 saturated carbocycles. The highest BCUT2D eigenvalue weighted by Crippen LogP contribution is 2.44. The van der Waals surface area contributed by atoms with Crippen LogP contribution in [0.15, 0.2) is 29.6 Å². The number of rotatable bonds is 6. The first-order valence-corrected chi connectivity index (χ1v) is 11.0. The molecular weight excluding hydrogens is 420 g/mol. The first kappa shape index (κ1) is 21.0. The number of esters is 1. The fourth-order valence-electron chi connectivity index (χ4n) is 4.21. The third-order valence-electron chi connectivity index (χ3n) is 5.46. The van der Waals surface area contributed by atoms with Gasteiger partial charge in [0.05, 0.1) is 30.0 Å². The molecule has 3 amide bonds. The van der Waals surface area contributed by atoms with Crippen molar-refractivity contribution in [2.45, 2.75) is 38.8 Å². The summed E-state index contributed by atoms with van der Waals surface area (Å²) < 4.78 is 4.92. The zero-order chi connectivity index (χ0) is 22.2. The van der Waals surface area contributed by atoms with Crippen molar-refractivity contribution in [3.8, 4) is 0 Å². The number of ether oxygens (including phenoxy) is 1. The molecule has 1 aromatic heterocycles. The Bertz CT molecular complexity index is 1070. The molecule has 0 spiro atoms. The normalized spacial score (nSPS) is 19.8. The van der Waals surface area contributed by atoms with Crippen LogP contribution in [-0.2, 0) is 25.5 Å². The number of para-hydroxylation sites is 1. The predicted octanol–water partition coefficient (Wildman–Crippen LogP) is 2.19. The van der Waals surface area contributed by atoms with Gasteiger partial charge in [0.15, 0.2) is 5.13 Å². The molecule has 2 aromatic rings. The van der Waals surface area contributed by atoms with Crippen LogP contribution < -0.4 is 10.2 Å². The zero-order valence-corrected chi connectivity index (χ0v) is 18.0. The Morgan fingerprint density at radius 1 is 1.26 bits per heavy atom. The van der Waals surface area contributed by atoms with Crippen LogP contribution in [0.3, 0.4) is 0 Å². The molecule has 162 valence electrons. The number of carbonyl (C=O) groups is 4. The lowest BCUT2D eigenvalue weighted by molar-refractivity contribution is -0.142. The van der Waals surface area contributed by atoms with Crippen LogP contribution in [0.25, 0.3) is 0 Å². The summed E-state index contributed by atoms with van der Waals surface area (Å²) in [6, 6.07) is 6.83. The molecule has 31 heavy (non-hydrogen) atoms. The van der Waals surface area contributed by atoms with E-state index in [-0.39, 0.29) is 44.2 Å². The van der Waals surface area contributed by atoms with Crippen molar-refractivity contribution < 1.29 is 23.9 Å². The minimum Gasteiger partial charge on any atom is -0.466 e. The second-order valence-electron chi connectivity index (χ2n) is 7.19. The highest BCUT2D eigenvalue weighted by molar-refractivity contribution is 7.14. The van der Waals surface area contributed by atoms with Gasteiger partial charge in [0.25, 0.3) is 11.8 Å². The summed E-state index contributed by atoms with van der Waals surface area (Å²) in [5, 5.41) is 4.72. The second kappa shape index (κ2) is 8.10. The molecule has 2 aliphatic heterocycles. The molecule has 1 N–H and O–H groups in total. The number of nitrogens with one attached hydrogen (secondary N) is 1. The minimum absolute atomic E-state index is 0.00289. The number of carbonyl (C=O) groups excluding carboxylic acids is 4. The van der Waals surface area contributed by atoms with Crippen molar-refractivity contribution in [3.05, 3.63) is 40.9 Å². The summed E-state index contributed by atoms with van der Waals surface area (Å²) in [6.07, 6.45) is 0.340. The Hall–Kier alpha value is -3.27. The molecule has 0 bridgehead atoms. The number of aromatic nitrogens is 1. The SMILES string of the molecule is CCOC(=O)Cc1csc(NC(=O)[C@]23CCC(=O)N2c2ccccc2C(=O)N3CC)n1. The van der Waals surface area contributed by atoms with Gasteiger partial charge in [0, 0.05) is 24.8 Å². The van der Waals surface area contributed by atoms with Crippen LogP contribution in [0.4, 0.5) is 10.8 Å². The second-order valence-corrected chi connectivity index (χ2v) is 8.05. The van der Waals surface area contributed by atoms with Crippen LogP contribution in [0.5, 0.6) is 0 Å². The molecule has 1 saturated heterocycles. The maximum atomic E-state index is 13.6. The first-order valence-electron chi connectivity index (χ1n) is 10.1. The summed E-state index contributed by atoms with van der Waals surface area (Å²) in [5.74, 6) is -1.40. The Morgan fingerprint density at radius 2 is 2.03 bits per heavy atom. The lowest BCUT2D eigenvalue weighted by atomic mass is 9.95. The van der Waals surface area contributed by atoms with Gasteiger partial charge in [-0.2, -0.15) is 0 Å². The van der Waals surface area contributed by atoms with Gasteiger partial charge in [-0.25, -0.2) is 4.98 Å². The van der Waals surface area contributed by atoms with E-state index in [0.29, 0.717) is 22.1 Å². The van der Waals surface area contributed by atoms with E-state index in [1.54, 1.807) is 43.5 Å². The summed E-state index contributed by atoms with van der Waals surface area (Å²) >= 11 is 1.17. The Balaban J connectivity index is 1.66. The maximum Gasteiger partial charge on any atom is 0.311 e. The van der Waals surface area contributed by atoms with Crippen molar-refractivity contribution in [1.82, 2.24) is 9.88 Å². The third-order valence-corrected chi connectivity index (χ3v) is 6.26. The molecule has 1 atom stereocenters. The summed E-state index contributed by atoms with van der Waals surface area (Å²) in [6.45, 7) is 4.04. The molecule has 0 unspecified atom stereocenters. The lowest BCUT2D eigenvalue weighted by Gasteiger charge is -2.48. The van der Waals surface area contributed by atoms with Gasteiger partial charge in [0.2, 0.25) is 11.6 Å². The number of benzene rings is 1. The van der Waals surface area contributed by atoms with Gasteiger partial charge in [0.1, 0.15) is 0 Å². The van der Waals surface area contributed by atoms with Gasteiger partial charge in [-0.05, 0) is 26.0 Å². The molecule has 10 heteroatoms. The highest BCUT2D eigenvalue weighted by atomic mass is 32.1. The van der Waals surface area contributed by atoms with E-state index in [1.165, 1.54) is 21.1 Å². The molecular formula is C21H22N4O5S. The average Bonchev–Trinajstić information content (AvgIpc) is 3.33. The fourth-order valence-corrected chi connectivity index (χ4v) is 4.91. The van der Waals surface area contributed by atoms with Crippen LogP contribution in [0.2, 0.25) is 0 Å². The van der Waals surface area contributed by atoms with Crippen LogP contribution in [0, 0.1) is 0 Å². The van der Waals surface area contributed by atoms with Crippen molar-refractivity contribution in [3.63, 3.8) is 0 Å². The van der Waals surface area contributed by atoms with Crippen molar-refractivity contribution >= 4 is 45.8 Å². The number of hydrogen-bond donors (Lipinski definition) is 1. The van der Waals surface area contributed by atoms with E-state index in [9.17, 15) is 19.2 Å². The Morgan fingerprint density at radius 3 is 2.77 bits per heavy atom. The average molecular weight is 442 g/mol. The van der Waals surface area contributed by atoms with E-state index in [1.807, 2.05) is 0 Å². The van der Waals surface area contributed by atoms with E-state index in [2.05, 4.69) is 10.3 Å². The fraction of sp³-hybridized carbons (Fsp3) is 0.381. The van der Waals surface area contributed by atoms with E-state index >= 15 is 0 Å². The number of fused-ring (bicyclic) bond motifs is 3. The first-order chi connectivity index (χ1) is 14.9. The lowest BCUT2D eigenvalue weighted by Crippen LogP contribution is -2.69. The van der Waals surface area contributed by atoms with E-state index in [0.717, 1.165) is 0 Å². The molecule has 3 heterocycles. The van der Waals surface area contributed by atoms with Crippen molar-refractivity contribution in [2.75, 3.05) is 23.4 Å². The van der Waals surface area contributed by atoms with Gasteiger partial charge in [-0.3, -0.25) is 29.4 Å². The van der Waals surface area contributed by atoms with E-state index < -0.39 is 17.5 Å². The summed E-state index contributed by atoms with van der Waals surface area (Å²) in [7, 11) is 0. The molecule has 0 radical (unpaired) electrons. The van der Waals surface area contributed by atoms with Crippen molar-refractivity contribution in [1.29, 1.82) is 0 Å². The highest BCUT2D eigenvalue weighted by Gasteiger charge is 2.60. The molecule has 9 nitrogen and oxygen atoms in total. The van der Waals surface area contributed by atoms with Gasteiger partial charge in [-0.1, -0.05) is 12.1 Å². The predicted molar refractivity (Wildman–Crippen MR) is 114 cm³/mol. The smallest absolute Gasteiger partial charge is 0.311 e. The van der Waals surface area contributed by atoms with Crippen molar-refractivity contribution in [2.24, 2.45) is 0 Å². The molecule has 1 aromatic carbocycles. The Kier molecular flexibility index (Phi) is 5.48. The van der Waals surface area contributed by atoms with E-state index in [4.69, 9.17) is 4.74 Å². The quantitative estimate of drug-likeness (QED) is 0.687. The van der Waals surface area contributed by atoms with Gasteiger partial charge < -0.3 is 9.64 Å². The minimum atomic E-state index is -1.45. The third kappa shape index (κ3) is 3.36. The number of thiazole rings is 1. The summed E-state index contributed by atoms with van der Waals surface area (Å²) in [4.78, 5) is 58.4. The molecule has 4 rings (SSSR count). The van der Waals surface area contributed by atoms with Crippen LogP contribution >= 0.6 is 11.3 Å². The number of amides is 3. The molecule has 1 fully saturated rings. The number of nitrogens with zero attached hydrogens (tertiary/aromatic N) is 3. The monoisotopic (exact) mass is 442 g/mol. The topological polar surface area (TPSA) is 109 Å². The largest absolute Gasteiger partial charge is 0.466 e. The molecule has 2 aliphatic rings. The standard InChI is InChI=1S/C21H22N4O5S/c1-3-24-18(28)14-7-5-6-8-15(14)25-16(26)9-10-21(24,25)19(29)23-20-22-13(12-31-20)11-17(27)30-4-2/h5-8,12H,3-4,9-11H2,1-2H3,(H,22,23,29)/t21-/m0/s1. The maximum absolute atomic E-state index is 13.6. The van der Waals surface area contributed by atoms with Crippen LogP contribution in [0.1, 0.15) is 42.7 Å². The summed E-state index contributed by atoms with van der Waals surface area (Å²) in [5.41, 5.74) is -0.136. The Labute approximate surface area is 183 Å². The number of likely N-dealkylation sites (N-methyl/N-ethyl adjacent to an activating group) is 1. The van der Waals surface area contributed by atoms with Gasteiger partial charge in [-0.15, -0.1) is 11.3 Å².